The first-order valence-corrected chi connectivity index (χ1v) is 10.6. The van der Waals surface area contributed by atoms with Gasteiger partial charge in [0.1, 0.15) is 15.4 Å². The van der Waals surface area contributed by atoms with E-state index in [2.05, 4.69) is 46.6 Å². The molecule has 1 fully saturated rings. The van der Waals surface area contributed by atoms with E-state index in [-0.39, 0.29) is 16.1 Å². The lowest BCUT2D eigenvalue weighted by Crippen LogP contribution is -2.53. The number of benzene rings is 1. The summed E-state index contributed by atoms with van der Waals surface area (Å²) in [4.78, 5) is 26.0. The fourth-order valence-electron chi connectivity index (χ4n) is 3.72. The molecule has 3 heterocycles. The predicted molar refractivity (Wildman–Crippen MR) is 116 cm³/mol. The number of fused-ring (bicyclic) bond motifs is 1. The first-order chi connectivity index (χ1) is 13.8. The number of piperazine rings is 1. The Labute approximate surface area is 174 Å². The van der Waals surface area contributed by atoms with Crippen LogP contribution < -0.4 is 0 Å². The maximum atomic E-state index is 11.3. The molecule has 0 bridgehead atoms. The largest absolute Gasteiger partial charge is 0.296 e. The van der Waals surface area contributed by atoms with Gasteiger partial charge in [-0.15, -0.1) is 0 Å². The topological polar surface area (TPSA) is 75.4 Å². The van der Waals surface area contributed by atoms with Crippen LogP contribution in [0.4, 0.5) is 5.69 Å². The summed E-state index contributed by atoms with van der Waals surface area (Å²) in [5.41, 5.74) is 2.75. The van der Waals surface area contributed by atoms with E-state index in [0.717, 1.165) is 48.6 Å². The molecular formula is C21H25N5O2S. The van der Waals surface area contributed by atoms with Crippen LogP contribution >= 0.6 is 11.3 Å². The van der Waals surface area contributed by atoms with Crippen molar-refractivity contribution in [3.8, 4) is 10.6 Å². The number of nitro benzene ring substituents is 1. The number of hydrogen-bond acceptors (Lipinski definition) is 7. The summed E-state index contributed by atoms with van der Waals surface area (Å²) in [6.45, 7) is 11.8. The second-order valence-corrected chi connectivity index (χ2v) is 9.37. The molecule has 8 heteroatoms. The lowest BCUT2D eigenvalue weighted by molar-refractivity contribution is -0.384. The van der Waals surface area contributed by atoms with Gasteiger partial charge in [0.15, 0.2) is 0 Å². The van der Waals surface area contributed by atoms with Crippen LogP contribution in [0.2, 0.25) is 0 Å². The highest BCUT2D eigenvalue weighted by Gasteiger charge is 2.26. The SMILES string of the molecule is CC(C)(C)N1CCN(Cc2cnc3sc(-c4ccccc4[N+](=O)[O-])nc3c2)CC1. The van der Waals surface area contributed by atoms with Crippen LogP contribution in [0, 0.1) is 10.1 Å². The van der Waals surface area contributed by atoms with E-state index >= 15 is 0 Å². The van der Waals surface area contributed by atoms with Gasteiger partial charge >= 0.3 is 0 Å². The van der Waals surface area contributed by atoms with E-state index in [4.69, 9.17) is 0 Å². The number of hydrogen-bond donors (Lipinski definition) is 0. The monoisotopic (exact) mass is 411 g/mol. The van der Waals surface area contributed by atoms with Gasteiger partial charge in [-0.2, -0.15) is 0 Å². The van der Waals surface area contributed by atoms with Crippen molar-refractivity contribution < 1.29 is 4.92 Å². The lowest BCUT2D eigenvalue weighted by Gasteiger charge is -2.42. The Morgan fingerprint density at radius 2 is 1.90 bits per heavy atom. The molecule has 0 amide bonds. The van der Waals surface area contributed by atoms with Gasteiger partial charge in [0.05, 0.1) is 10.5 Å². The first kappa shape index (κ1) is 19.9. The molecule has 1 aliphatic heterocycles. The summed E-state index contributed by atoms with van der Waals surface area (Å²) in [7, 11) is 0. The normalized spacial score (nSPS) is 16.4. The number of para-hydroxylation sites is 1. The first-order valence-electron chi connectivity index (χ1n) is 9.78. The van der Waals surface area contributed by atoms with E-state index < -0.39 is 0 Å². The Bertz CT molecular complexity index is 1030. The number of thiazole rings is 1. The summed E-state index contributed by atoms with van der Waals surface area (Å²) < 4.78 is 0. The third kappa shape index (κ3) is 4.29. The molecule has 4 rings (SSSR count). The Morgan fingerprint density at radius 3 is 2.59 bits per heavy atom. The minimum atomic E-state index is -0.364. The molecule has 152 valence electrons. The van der Waals surface area contributed by atoms with Gasteiger partial charge in [0.25, 0.3) is 5.69 Å². The predicted octanol–water partition coefficient (Wildman–Crippen LogP) is 4.18. The maximum absolute atomic E-state index is 11.3. The molecular weight excluding hydrogens is 386 g/mol. The fourth-order valence-corrected chi connectivity index (χ4v) is 4.64. The molecule has 29 heavy (non-hydrogen) atoms. The van der Waals surface area contributed by atoms with Gasteiger partial charge in [-0.3, -0.25) is 19.9 Å². The molecule has 0 radical (unpaired) electrons. The van der Waals surface area contributed by atoms with E-state index in [1.165, 1.54) is 17.4 Å². The number of nitrogens with zero attached hydrogens (tertiary/aromatic N) is 5. The molecule has 0 unspecified atom stereocenters. The summed E-state index contributed by atoms with van der Waals surface area (Å²) in [6, 6.07) is 8.78. The standard InChI is InChI=1S/C21H25N5O2S/c1-21(2,3)25-10-8-24(9-11-25)14-15-12-17-20(22-13-15)29-19(23-17)16-6-4-5-7-18(16)26(27)28/h4-7,12-13H,8-11,14H2,1-3H3. The summed E-state index contributed by atoms with van der Waals surface area (Å²) in [5, 5.41) is 12.0. The second-order valence-electron chi connectivity index (χ2n) is 8.40. The number of nitro groups is 1. The minimum absolute atomic E-state index is 0.0727. The molecule has 1 aromatic carbocycles. The molecule has 0 N–H and O–H groups in total. The highest BCUT2D eigenvalue weighted by molar-refractivity contribution is 7.21. The molecule has 2 aromatic heterocycles. The number of rotatable bonds is 4. The third-order valence-electron chi connectivity index (χ3n) is 5.36. The van der Waals surface area contributed by atoms with Crippen LogP contribution in [0.1, 0.15) is 26.3 Å². The van der Waals surface area contributed by atoms with Gasteiger partial charge in [0, 0.05) is 50.5 Å². The fraction of sp³-hybridized carbons (Fsp3) is 0.429. The van der Waals surface area contributed by atoms with Crippen molar-refractivity contribution in [2.24, 2.45) is 0 Å². The van der Waals surface area contributed by atoms with Crippen molar-refractivity contribution in [1.29, 1.82) is 0 Å². The van der Waals surface area contributed by atoms with Crippen LogP contribution in [0.25, 0.3) is 20.9 Å². The Morgan fingerprint density at radius 1 is 1.17 bits per heavy atom. The maximum Gasteiger partial charge on any atom is 0.279 e. The summed E-state index contributed by atoms with van der Waals surface area (Å²) in [6.07, 6.45) is 1.90. The molecule has 3 aromatic rings. The van der Waals surface area contributed by atoms with Crippen molar-refractivity contribution in [1.82, 2.24) is 19.8 Å². The van der Waals surface area contributed by atoms with Crippen molar-refractivity contribution in [3.63, 3.8) is 0 Å². The molecule has 1 saturated heterocycles. The van der Waals surface area contributed by atoms with Crippen molar-refractivity contribution in [2.45, 2.75) is 32.9 Å². The average Bonchev–Trinajstić information content (AvgIpc) is 3.11. The van der Waals surface area contributed by atoms with Gasteiger partial charge in [-0.05, 0) is 38.5 Å². The van der Waals surface area contributed by atoms with Gasteiger partial charge in [-0.1, -0.05) is 23.5 Å². The zero-order chi connectivity index (χ0) is 20.6. The molecule has 0 spiro atoms. The molecule has 0 atom stereocenters. The van der Waals surface area contributed by atoms with Gasteiger partial charge in [-0.25, -0.2) is 9.97 Å². The van der Waals surface area contributed by atoms with Crippen molar-refractivity contribution in [2.75, 3.05) is 26.2 Å². The van der Waals surface area contributed by atoms with Gasteiger partial charge < -0.3 is 0 Å². The van der Waals surface area contributed by atoms with Crippen LogP contribution in [0.15, 0.2) is 36.5 Å². The number of pyridine rings is 1. The summed E-state index contributed by atoms with van der Waals surface area (Å²) >= 11 is 1.39. The highest BCUT2D eigenvalue weighted by atomic mass is 32.1. The van der Waals surface area contributed by atoms with E-state index in [9.17, 15) is 10.1 Å². The molecule has 1 aliphatic rings. The van der Waals surface area contributed by atoms with Crippen molar-refractivity contribution in [3.05, 3.63) is 52.2 Å². The lowest BCUT2D eigenvalue weighted by atomic mass is 10.0. The zero-order valence-electron chi connectivity index (χ0n) is 17.0. The Balaban J connectivity index is 1.52. The van der Waals surface area contributed by atoms with Crippen LogP contribution in [-0.4, -0.2) is 56.4 Å². The quantitative estimate of drug-likeness (QED) is 0.473. The zero-order valence-corrected chi connectivity index (χ0v) is 17.8. The van der Waals surface area contributed by atoms with Crippen molar-refractivity contribution >= 4 is 27.4 Å². The molecule has 0 saturated carbocycles. The number of aromatic nitrogens is 2. The Kier molecular flexibility index (Phi) is 5.33. The average molecular weight is 412 g/mol. The smallest absolute Gasteiger partial charge is 0.279 e. The van der Waals surface area contributed by atoms with E-state index in [1.807, 2.05) is 6.20 Å². The van der Waals surface area contributed by atoms with Crippen LogP contribution in [0.5, 0.6) is 0 Å². The third-order valence-corrected chi connectivity index (χ3v) is 6.37. The van der Waals surface area contributed by atoms with Crippen LogP contribution in [0.3, 0.4) is 0 Å². The summed E-state index contributed by atoms with van der Waals surface area (Å²) in [5.74, 6) is 0. The Hall–Kier alpha value is -2.42. The van der Waals surface area contributed by atoms with Crippen LogP contribution in [-0.2, 0) is 6.54 Å². The second kappa shape index (κ2) is 7.78. The van der Waals surface area contributed by atoms with E-state index in [1.54, 1.807) is 18.2 Å². The highest BCUT2D eigenvalue weighted by Crippen LogP contribution is 2.34. The minimum Gasteiger partial charge on any atom is -0.296 e. The molecule has 7 nitrogen and oxygen atoms in total. The molecule has 0 aliphatic carbocycles. The van der Waals surface area contributed by atoms with Gasteiger partial charge in [0.2, 0.25) is 0 Å². The van der Waals surface area contributed by atoms with E-state index in [0.29, 0.717) is 10.6 Å².